The molecule has 0 bridgehead atoms. The Morgan fingerprint density at radius 3 is 2.78 bits per heavy atom. The number of ether oxygens (including phenoxy) is 1. The molecule has 18 heavy (non-hydrogen) atoms. The summed E-state index contributed by atoms with van der Waals surface area (Å²) in [5.41, 5.74) is 5.71. The Balaban J connectivity index is 2.30. The first kappa shape index (κ1) is 14.3. The number of benzene rings is 1. The normalized spacial score (nSPS) is 11.7. The number of hydrogen-bond acceptors (Lipinski definition) is 3. The van der Waals surface area contributed by atoms with Crippen molar-refractivity contribution in [2.75, 3.05) is 20.2 Å². The second-order valence-electron chi connectivity index (χ2n) is 4.05. The van der Waals surface area contributed by atoms with Crippen LogP contribution >= 0.6 is 0 Å². The van der Waals surface area contributed by atoms with Crippen LogP contribution in [0.3, 0.4) is 0 Å². The Kier molecular flexibility index (Phi) is 5.94. The minimum Gasteiger partial charge on any atom is -0.492 e. The van der Waals surface area contributed by atoms with Gasteiger partial charge in [-0.3, -0.25) is 4.79 Å². The molecule has 1 atom stereocenters. The van der Waals surface area contributed by atoms with E-state index in [1.54, 1.807) is 18.0 Å². The molecule has 0 aromatic heterocycles. The van der Waals surface area contributed by atoms with E-state index in [0.717, 1.165) is 5.75 Å². The van der Waals surface area contributed by atoms with Crippen LogP contribution in [0.15, 0.2) is 43.0 Å². The number of likely N-dealkylation sites (N-methyl/N-ethyl adjacent to an activating group) is 1. The lowest BCUT2D eigenvalue weighted by atomic mass is 10.2. The molecule has 4 heteroatoms. The molecule has 0 heterocycles. The summed E-state index contributed by atoms with van der Waals surface area (Å²) in [4.78, 5) is 13.4. The first-order chi connectivity index (χ1) is 8.65. The molecule has 1 rings (SSSR count). The van der Waals surface area contributed by atoms with E-state index in [1.807, 2.05) is 30.3 Å². The van der Waals surface area contributed by atoms with Crippen LogP contribution in [0.4, 0.5) is 0 Å². The Morgan fingerprint density at radius 2 is 2.17 bits per heavy atom. The summed E-state index contributed by atoms with van der Waals surface area (Å²) in [7, 11) is 1.72. The van der Waals surface area contributed by atoms with Gasteiger partial charge in [-0.2, -0.15) is 0 Å². The van der Waals surface area contributed by atoms with E-state index in [-0.39, 0.29) is 5.91 Å². The minimum atomic E-state index is -0.510. The zero-order valence-electron chi connectivity index (χ0n) is 10.7. The van der Waals surface area contributed by atoms with Gasteiger partial charge in [0.2, 0.25) is 5.91 Å². The van der Waals surface area contributed by atoms with Gasteiger partial charge in [-0.1, -0.05) is 24.3 Å². The molecule has 1 amide bonds. The van der Waals surface area contributed by atoms with Crippen LogP contribution in [0, 0.1) is 0 Å². The lowest BCUT2D eigenvalue weighted by molar-refractivity contribution is -0.131. The maximum atomic E-state index is 11.8. The highest BCUT2D eigenvalue weighted by atomic mass is 16.5. The Hall–Kier alpha value is -1.81. The number of amides is 1. The van der Waals surface area contributed by atoms with E-state index < -0.39 is 6.04 Å². The number of carbonyl (C=O) groups is 1. The fraction of sp³-hybridized carbons (Fsp3) is 0.357. The van der Waals surface area contributed by atoms with Gasteiger partial charge >= 0.3 is 0 Å². The SMILES string of the molecule is C=CCC(N)C(=O)N(C)CCOc1ccccc1. The third-order valence-corrected chi connectivity index (χ3v) is 2.55. The maximum Gasteiger partial charge on any atom is 0.239 e. The van der Waals surface area contributed by atoms with E-state index in [0.29, 0.717) is 19.6 Å². The van der Waals surface area contributed by atoms with Crippen molar-refractivity contribution in [1.82, 2.24) is 4.90 Å². The number of rotatable bonds is 7. The summed E-state index contributed by atoms with van der Waals surface area (Å²) in [5, 5.41) is 0. The summed E-state index contributed by atoms with van der Waals surface area (Å²) < 4.78 is 5.51. The average Bonchev–Trinajstić information content (AvgIpc) is 2.39. The first-order valence-corrected chi connectivity index (χ1v) is 5.94. The van der Waals surface area contributed by atoms with E-state index in [2.05, 4.69) is 6.58 Å². The topological polar surface area (TPSA) is 55.6 Å². The third-order valence-electron chi connectivity index (χ3n) is 2.55. The number of nitrogens with two attached hydrogens (primary N) is 1. The smallest absolute Gasteiger partial charge is 0.239 e. The summed E-state index contributed by atoms with van der Waals surface area (Å²) in [6.45, 7) is 4.53. The minimum absolute atomic E-state index is 0.0911. The standard InChI is InChI=1S/C14H20N2O2/c1-3-7-13(15)14(17)16(2)10-11-18-12-8-5-4-6-9-12/h3-6,8-9,13H,1,7,10-11,15H2,2H3. The van der Waals surface area contributed by atoms with E-state index in [1.165, 1.54) is 0 Å². The summed E-state index contributed by atoms with van der Waals surface area (Å²) in [5.74, 6) is 0.709. The third kappa shape index (κ3) is 4.59. The molecule has 0 aliphatic heterocycles. The molecule has 0 spiro atoms. The zero-order valence-corrected chi connectivity index (χ0v) is 10.7. The molecule has 98 valence electrons. The Morgan fingerprint density at radius 1 is 1.50 bits per heavy atom. The van der Waals surface area contributed by atoms with Crippen LogP contribution in [0.25, 0.3) is 0 Å². The molecular weight excluding hydrogens is 228 g/mol. The molecule has 0 saturated carbocycles. The Bertz CT molecular complexity index is 379. The van der Waals surface area contributed by atoms with E-state index in [4.69, 9.17) is 10.5 Å². The highest BCUT2D eigenvalue weighted by molar-refractivity contribution is 5.81. The van der Waals surface area contributed by atoms with Crippen molar-refractivity contribution < 1.29 is 9.53 Å². The number of hydrogen-bond donors (Lipinski definition) is 1. The average molecular weight is 248 g/mol. The lowest BCUT2D eigenvalue weighted by Gasteiger charge is -2.20. The molecular formula is C14H20N2O2. The van der Waals surface area contributed by atoms with Crippen LogP contribution in [0.2, 0.25) is 0 Å². The van der Waals surface area contributed by atoms with Gasteiger partial charge in [0.05, 0.1) is 12.6 Å². The highest BCUT2D eigenvalue weighted by Crippen LogP contribution is 2.07. The molecule has 2 N–H and O–H groups in total. The van der Waals surface area contributed by atoms with Crippen molar-refractivity contribution in [2.45, 2.75) is 12.5 Å². The summed E-state index contributed by atoms with van der Waals surface area (Å²) >= 11 is 0. The van der Waals surface area contributed by atoms with Gasteiger partial charge in [0.25, 0.3) is 0 Å². The fourth-order valence-electron chi connectivity index (χ4n) is 1.49. The van der Waals surface area contributed by atoms with Gasteiger partial charge in [0.1, 0.15) is 12.4 Å². The second kappa shape index (κ2) is 7.50. The van der Waals surface area contributed by atoms with Crippen molar-refractivity contribution in [3.05, 3.63) is 43.0 Å². The fourth-order valence-corrected chi connectivity index (χ4v) is 1.49. The number of carbonyl (C=O) groups excluding carboxylic acids is 1. The van der Waals surface area contributed by atoms with E-state index >= 15 is 0 Å². The largest absolute Gasteiger partial charge is 0.492 e. The van der Waals surface area contributed by atoms with Crippen molar-refractivity contribution in [3.8, 4) is 5.75 Å². The number of nitrogens with zero attached hydrogens (tertiary/aromatic N) is 1. The molecule has 0 saturated heterocycles. The van der Waals surface area contributed by atoms with Crippen LogP contribution < -0.4 is 10.5 Å². The highest BCUT2D eigenvalue weighted by Gasteiger charge is 2.16. The monoisotopic (exact) mass is 248 g/mol. The van der Waals surface area contributed by atoms with Gasteiger partial charge in [0, 0.05) is 7.05 Å². The van der Waals surface area contributed by atoms with E-state index in [9.17, 15) is 4.79 Å². The lowest BCUT2D eigenvalue weighted by Crippen LogP contribution is -2.42. The van der Waals surface area contributed by atoms with Crippen molar-refractivity contribution >= 4 is 5.91 Å². The molecule has 0 radical (unpaired) electrons. The first-order valence-electron chi connectivity index (χ1n) is 5.94. The van der Waals surface area contributed by atoms with Crippen LogP contribution in [0.5, 0.6) is 5.75 Å². The molecule has 1 unspecified atom stereocenters. The molecule has 0 aliphatic rings. The van der Waals surface area contributed by atoms with Gasteiger partial charge in [0.15, 0.2) is 0 Å². The number of para-hydroxylation sites is 1. The summed E-state index contributed by atoms with van der Waals surface area (Å²) in [6, 6.07) is 8.99. The molecule has 4 nitrogen and oxygen atoms in total. The molecule has 1 aromatic carbocycles. The summed E-state index contributed by atoms with van der Waals surface area (Å²) in [6.07, 6.45) is 2.14. The molecule has 1 aromatic rings. The quantitative estimate of drug-likeness (QED) is 0.743. The Labute approximate surface area is 108 Å². The van der Waals surface area contributed by atoms with Gasteiger partial charge in [-0.25, -0.2) is 0 Å². The van der Waals surface area contributed by atoms with Crippen LogP contribution in [-0.2, 0) is 4.79 Å². The predicted molar refractivity (Wildman–Crippen MR) is 72.4 cm³/mol. The van der Waals surface area contributed by atoms with Crippen LogP contribution in [-0.4, -0.2) is 37.0 Å². The van der Waals surface area contributed by atoms with Crippen molar-refractivity contribution in [1.29, 1.82) is 0 Å². The van der Waals surface area contributed by atoms with Gasteiger partial charge in [-0.15, -0.1) is 6.58 Å². The van der Waals surface area contributed by atoms with Gasteiger partial charge in [-0.05, 0) is 18.6 Å². The molecule has 0 fully saturated rings. The predicted octanol–water partition coefficient (Wildman–Crippen LogP) is 1.43. The molecule has 0 aliphatic carbocycles. The van der Waals surface area contributed by atoms with Crippen molar-refractivity contribution in [2.24, 2.45) is 5.73 Å². The maximum absolute atomic E-state index is 11.8. The van der Waals surface area contributed by atoms with Crippen molar-refractivity contribution in [3.63, 3.8) is 0 Å². The zero-order chi connectivity index (χ0) is 13.4. The second-order valence-corrected chi connectivity index (χ2v) is 4.05. The van der Waals surface area contributed by atoms with Gasteiger partial charge < -0.3 is 15.4 Å². The van der Waals surface area contributed by atoms with Crippen LogP contribution in [0.1, 0.15) is 6.42 Å².